The smallest absolute Gasteiger partial charge is 0.253 e. The van der Waals surface area contributed by atoms with Crippen LogP contribution in [-0.4, -0.2) is 24.9 Å². The van der Waals surface area contributed by atoms with Crippen LogP contribution in [0.5, 0.6) is 0 Å². The van der Waals surface area contributed by atoms with Crippen molar-refractivity contribution in [3.63, 3.8) is 0 Å². The first-order chi connectivity index (χ1) is 9.88. The second-order valence-electron chi connectivity index (χ2n) is 5.09. The van der Waals surface area contributed by atoms with Gasteiger partial charge in [0.15, 0.2) is 0 Å². The van der Waals surface area contributed by atoms with Gasteiger partial charge in [-0.3, -0.25) is 4.79 Å². The summed E-state index contributed by atoms with van der Waals surface area (Å²) in [4.78, 5) is 13.6. The molecule has 0 bridgehead atoms. The van der Waals surface area contributed by atoms with E-state index < -0.39 is 0 Å². The molecule has 5 heteroatoms. The van der Waals surface area contributed by atoms with Crippen LogP contribution < -0.4 is 11.1 Å². The van der Waals surface area contributed by atoms with Gasteiger partial charge in [0.25, 0.3) is 5.91 Å². The maximum atomic E-state index is 12.0. The highest BCUT2D eigenvalue weighted by Crippen LogP contribution is 2.28. The zero-order chi connectivity index (χ0) is 15.6. The predicted octanol–water partition coefficient (Wildman–Crippen LogP) is 3.79. The van der Waals surface area contributed by atoms with Crippen LogP contribution in [0.1, 0.15) is 15.9 Å². The molecule has 110 valence electrons. The highest BCUT2D eigenvalue weighted by Gasteiger charge is 2.11. The summed E-state index contributed by atoms with van der Waals surface area (Å²) >= 11 is 3.44. The topological polar surface area (TPSA) is 58.4 Å². The molecule has 0 atom stereocenters. The number of amides is 1. The number of carbonyl (C=O) groups excluding carboxylic acids is 1. The maximum Gasteiger partial charge on any atom is 0.253 e. The van der Waals surface area contributed by atoms with E-state index in [4.69, 9.17) is 5.73 Å². The fraction of sp³-hybridized carbons (Fsp3) is 0.188. The highest BCUT2D eigenvalue weighted by molar-refractivity contribution is 9.10. The SMILES string of the molecule is Cc1cc(Br)ccc1Nc1cc(C(=O)N(C)C)ccc1N. The van der Waals surface area contributed by atoms with Crippen molar-refractivity contribution in [1.29, 1.82) is 0 Å². The lowest BCUT2D eigenvalue weighted by atomic mass is 10.1. The van der Waals surface area contributed by atoms with Crippen LogP contribution in [0.3, 0.4) is 0 Å². The Labute approximate surface area is 133 Å². The molecule has 0 spiro atoms. The third kappa shape index (κ3) is 3.55. The summed E-state index contributed by atoms with van der Waals surface area (Å²) in [6.07, 6.45) is 0. The van der Waals surface area contributed by atoms with Gasteiger partial charge in [0.05, 0.1) is 11.4 Å². The van der Waals surface area contributed by atoms with Crippen LogP contribution in [0, 0.1) is 6.92 Å². The number of nitrogens with two attached hydrogens (primary N) is 1. The van der Waals surface area contributed by atoms with Gasteiger partial charge in [-0.15, -0.1) is 0 Å². The standard InChI is InChI=1S/C16H18BrN3O/c1-10-8-12(17)5-7-14(10)19-15-9-11(4-6-13(15)18)16(21)20(2)3/h4-9,19H,18H2,1-3H3. The molecule has 0 heterocycles. The summed E-state index contributed by atoms with van der Waals surface area (Å²) in [5.74, 6) is -0.0504. The summed E-state index contributed by atoms with van der Waals surface area (Å²) in [6, 6.07) is 11.2. The number of benzene rings is 2. The Morgan fingerprint density at radius 2 is 1.86 bits per heavy atom. The Morgan fingerprint density at radius 1 is 1.14 bits per heavy atom. The third-order valence-corrected chi connectivity index (χ3v) is 3.66. The Hall–Kier alpha value is -2.01. The number of anilines is 3. The molecule has 21 heavy (non-hydrogen) atoms. The Morgan fingerprint density at radius 3 is 2.48 bits per heavy atom. The van der Waals surface area contributed by atoms with E-state index in [1.165, 1.54) is 0 Å². The number of carbonyl (C=O) groups is 1. The van der Waals surface area contributed by atoms with Crippen molar-refractivity contribution in [2.45, 2.75) is 6.92 Å². The van der Waals surface area contributed by atoms with Crippen LogP contribution in [0.2, 0.25) is 0 Å². The van der Waals surface area contributed by atoms with E-state index in [1.807, 2.05) is 25.1 Å². The lowest BCUT2D eigenvalue weighted by Crippen LogP contribution is -2.21. The average molecular weight is 348 g/mol. The first-order valence-electron chi connectivity index (χ1n) is 6.53. The van der Waals surface area contributed by atoms with E-state index in [2.05, 4.69) is 21.2 Å². The van der Waals surface area contributed by atoms with Crippen LogP contribution in [0.4, 0.5) is 17.1 Å². The molecule has 0 aliphatic rings. The zero-order valence-corrected chi connectivity index (χ0v) is 13.9. The van der Waals surface area contributed by atoms with E-state index in [0.29, 0.717) is 11.3 Å². The molecule has 0 radical (unpaired) electrons. The Bertz CT molecular complexity index is 683. The van der Waals surface area contributed by atoms with E-state index in [1.54, 1.807) is 37.2 Å². The molecular weight excluding hydrogens is 330 g/mol. The number of nitrogens with zero attached hydrogens (tertiary/aromatic N) is 1. The van der Waals surface area contributed by atoms with E-state index in [-0.39, 0.29) is 5.91 Å². The van der Waals surface area contributed by atoms with Gasteiger partial charge in [-0.1, -0.05) is 15.9 Å². The molecular formula is C16H18BrN3O. The van der Waals surface area contributed by atoms with Crippen molar-refractivity contribution < 1.29 is 4.79 Å². The predicted molar refractivity (Wildman–Crippen MR) is 91.0 cm³/mol. The van der Waals surface area contributed by atoms with Gasteiger partial charge >= 0.3 is 0 Å². The largest absolute Gasteiger partial charge is 0.397 e. The quantitative estimate of drug-likeness (QED) is 0.830. The number of hydrogen-bond acceptors (Lipinski definition) is 3. The van der Waals surface area contributed by atoms with Gasteiger partial charge in [0.1, 0.15) is 0 Å². The minimum Gasteiger partial charge on any atom is -0.397 e. The second kappa shape index (κ2) is 6.18. The molecule has 0 unspecified atom stereocenters. The molecule has 0 aliphatic carbocycles. The number of hydrogen-bond donors (Lipinski definition) is 2. The minimum atomic E-state index is -0.0504. The number of nitrogens with one attached hydrogen (secondary N) is 1. The number of aryl methyl sites for hydroxylation is 1. The summed E-state index contributed by atoms with van der Waals surface area (Å²) in [7, 11) is 3.45. The third-order valence-electron chi connectivity index (χ3n) is 3.16. The number of halogens is 1. The van der Waals surface area contributed by atoms with Crippen molar-refractivity contribution in [2.75, 3.05) is 25.1 Å². The van der Waals surface area contributed by atoms with Gasteiger partial charge < -0.3 is 16.0 Å². The van der Waals surface area contributed by atoms with Crippen LogP contribution in [0.25, 0.3) is 0 Å². The fourth-order valence-corrected chi connectivity index (χ4v) is 2.44. The number of rotatable bonds is 3. The summed E-state index contributed by atoms with van der Waals surface area (Å²) in [6.45, 7) is 2.01. The van der Waals surface area contributed by atoms with Crippen molar-refractivity contribution in [3.05, 3.63) is 52.0 Å². The van der Waals surface area contributed by atoms with Gasteiger partial charge in [-0.05, 0) is 48.9 Å². The van der Waals surface area contributed by atoms with Crippen LogP contribution in [0.15, 0.2) is 40.9 Å². The lowest BCUT2D eigenvalue weighted by Gasteiger charge is -2.15. The molecule has 1 amide bonds. The van der Waals surface area contributed by atoms with E-state index in [0.717, 1.165) is 21.4 Å². The van der Waals surface area contributed by atoms with Gasteiger partial charge in [0.2, 0.25) is 0 Å². The van der Waals surface area contributed by atoms with E-state index >= 15 is 0 Å². The van der Waals surface area contributed by atoms with Crippen molar-refractivity contribution in [3.8, 4) is 0 Å². The monoisotopic (exact) mass is 347 g/mol. The molecule has 2 aromatic rings. The van der Waals surface area contributed by atoms with Crippen LogP contribution in [-0.2, 0) is 0 Å². The first kappa shape index (κ1) is 15.4. The summed E-state index contributed by atoms with van der Waals surface area (Å²) in [5.41, 5.74) is 9.98. The Kier molecular flexibility index (Phi) is 4.53. The minimum absolute atomic E-state index is 0.0504. The van der Waals surface area contributed by atoms with Crippen LogP contribution >= 0.6 is 15.9 Å². The zero-order valence-electron chi connectivity index (χ0n) is 12.3. The molecule has 0 saturated heterocycles. The molecule has 0 aliphatic heterocycles. The van der Waals surface area contributed by atoms with Crippen molar-refractivity contribution >= 4 is 38.9 Å². The fourth-order valence-electron chi connectivity index (χ4n) is 1.97. The normalized spacial score (nSPS) is 10.3. The van der Waals surface area contributed by atoms with E-state index in [9.17, 15) is 4.79 Å². The molecule has 2 aromatic carbocycles. The average Bonchev–Trinajstić information content (AvgIpc) is 2.43. The highest BCUT2D eigenvalue weighted by atomic mass is 79.9. The lowest BCUT2D eigenvalue weighted by molar-refractivity contribution is 0.0827. The first-order valence-corrected chi connectivity index (χ1v) is 7.32. The summed E-state index contributed by atoms with van der Waals surface area (Å²) in [5, 5.41) is 3.29. The molecule has 3 N–H and O–H groups in total. The Balaban J connectivity index is 2.35. The summed E-state index contributed by atoms with van der Waals surface area (Å²) < 4.78 is 1.02. The number of nitrogen functional groups attached to an aromatic ring is 1. The second-order valence-corrected chi connectivity index (χ2v) is 6.00. The maximum absolute atomic E-state index is 12.0. The van der Waals surface area contributed by atoms with Gasteiger partial charge in [0, 0.05) is 29.8 Å². The molecule has 2 rings (SSSR count). The van der Waals surface area contributed by atoms with Crippen molar-refractivity contribution in [1.82, 2.24) is 4.90 Å². The molecule has 0 fully saturated rings. The molecule has 4 nitrogen and oxygen atoms in total. The van der Waals surface area contributed by atoms with Gasteiger partial charge in [-0.2, -0.15) is 0 Å². The molecule has 0 aromatic heterocycles. The molecule has 0 saturated carbocycles. The van der Waals surface area contributed by atoms with Gasteiger partial charge in [-0.25, -0.2) is 0 Å². The van der Waals surface area contributed by atoms with Crippen molar-refractivity contribution in [2.24, 2.45) is 0 Å².